The van der Waals surface area contributed by atoms with Crippen molar-refractivity contribution < 1.29 is 8.42 Å². The van der Waals surface area contributed by atoms with Gasteiger partial charge < -0.3 is 5.32 Å². The van der Waals surface area contributed by atoms with Crippen molar-refractivity contribution in [2.24, 2.45) is 5.41 Å². The first-order chi connectivity index (χ1) is 10.0. The molecular weight excluding hydrogens is 284 g/mol. The van der Waals surface area contributed by atoms with Gasteiger partial charge in [0.25, 0.3) is 0 Å². The second-order valence-electron chi connectivity index (χ2n) is 6.52. The highest BCUT2D eigenvalue weighted by molar-refractivity contribution is 7.89. The Morgan fingerprint density at radius 1 is 1.19 bits per heavy atom. The normalized spacial score (nSPS) is 20.2. The molecule has 5 heteroatoms. The minimum atomic E-state index is -3.33. The third kappa shape index (κ3) is 3.77. The van der Waals surface area contributed by atoms with Crippen molar-refractivity contribution in [2.75, 3.05) is 11.9 Å². The van der Waals surface area contributed by atoms with Crippen LogP contribution in [0.4, 0.5) is 5.69 Å². The lowest BCUT2D eigenvalue weighted by Crippen LogP contribution is -2.25. The standard InChI is InChI=1S/C16H24N2O2S/c1-2-9-16(10-11-16)12-17-13-5-7-15(8-6-13)21(19,20)18-14-3-4-14/h5-8,14,17-18H,2-4,9-12H2,1H3. The van der Waals surface area contributed by atoms with Crippen LogP contribution in [0.15, 0.2) is 29.2 Å². The Hall–Kier alpha value is -1.07. The molecule has 0 bridgehead atoms. The van der Waals surface area contributed by atoms with E-state index in [0.29, 0.717) is 10.3 Å². The predicted molar refractivity (Wildman–Crippen MR) is 84.9 cm³/mol. The molecular formula is C16H24N2O2S. The molecule has 1 aromatic carbocycles. The van der Waals surface area contributed by atoms with E-state index in [1.165, 1.54) is 25.7 Å². The maximum atomic E-state index is 12.1. The smallest absolute Gasteiger partial charge is 0.240 e. The molecule has 2 saturated carbocycles. The molecule has 116 valence electrons. The number of hydrogen-bond acceptors (Lipinski definition) is 3. The van der Waals surface area contributed by atoms with Gasteiger partial charge in [0.1, 0.15) is 0 Å². The van der Waals surface area contributed by atoms with E-state index < -0.39 is 10.0 Å². The van der Waals surface area contributed by atoms with E-state index in [9.17, 15) is 8.42 Å². The number of nitrogens with one attached hydrogen (secondary N) is 2. The number of rotatable bonds is 8. The van der Waals surface area contributed by atoms with Gasteiger partial charge in [-0.3, -0.25) is 0 Å². The molecule has 0 radical (unpaired) electrons. The summed E-state index contributed by atoms with van der Waals surface area (Å²) in [6, 6.07) is 7.25. The number of sulfonamides is 1. The van der Waals surface area contributed by atoms with Crippen LogP contribution in [0.1, 0.15) is 45.4 Å². The lowest BCUT2D eigenvalue weighted by Gasteiger charge is -2.16. The van der Waals surface area contributed by atoms with Crippen molar-refractivity contribution in [3.63, 3.8) is 0 Å². The molecule has 0 spiro atoms. The zero-order valence-electron chi connectivity index (χ0n) is 12.6. The summed E-state index contributed by atoms with van der Waals surface area (Å²) in [6.07, 6.45) is 7.04. The fourth-order valence-electron chi connectivity index (χ4n) is 2.75. The molecule has 2 aliphatic carbocycles. The van der Waals surface area contributed by atoms with Gasteiger partial charge in [0.05, 0.1) is 4.90 Å². The van der Waals surface area contributed by atoms with Gasteiger partial charge in [0.15, 0.2) is 0 Å². The largest absolute Gasteiger partial charge is 0.384 e. The van der Waals surface area contributed by atoms with Crippen LogP contribution in [-0.4, -0.2) is 21.0 Å². The van der Waals surface area contributed by atoms with E-state index in [1.54, 1.807) is 12.1 Å². The maximum Gasteiger partial charge on any atom is 0.240 e. The highest BCUT2D eigenvalue weighted by atomic mass is 32.2. The summed E-state index contributed by atoms with van der Waals surface area (Å²) in [7, 11) is -3.33. The number of benzene rings is 1. The molecule has 0 aromatic heterocycles. The molecule has 4 nitrogen and oxygen atoms in total. The third-order valence-corrected chi connectivity index (χ3v) is 6.01. The minimum absolute atomic E-state index is 0.150. The highest BCUT2D eigenvalue weighted by Gasteiger charge is 2.41. The fraction of sp³-hybridized carbons (Fsp3) is 0.625. The molecule has 0 aliphatic heterocycles. The molecule has 0 atom stereocenters. The summed E-state index contributed by atoms with van der Waals surface area (Å²) >= 11 is 0. The second kappa shape index (κ2) is 5.61. The van der Waals surface area contributed by atoms with Crippen LogP contribution in [-0.2, 0) is 10.0 Å². The van der Waals surface area contributed by atoms with E-state index in [0.717, 1.165) is 25.1 Å². The van der Waals surface area contributed by atoms with Crippen molar-refractivity contribution in [3.05, 3.63) is 24.3 Å². The monoisotopic (exact) mass is 308 g/mol. The van der Waals surface area contributed by atoms with Crippen molar-refractivity contribution >= 4 is 15.7 Å². The van der Waals surface area contributed by atoms with Crippen LogP contribution in [0.5, 0.6) is 0 Å². The SMILES string of the molecule is CCCC1(CNc2ccc(S(=O)(=O)NC3CC3)cc2)CC1. The molecule has 2 N–H and O–H groups in total. The Bertz CT molecular complexity index is 587. The van der Waals surface area contributed by atoms with Crippen LogP contribution in [0.25, 0.3) is 0 Å². The summed E-state index contributed by atoms with van der Waals surface area (Å²) in [4.78, 5) is 0.356. The highest BCUT2D eigenvalue weighted by Crippen LogP contribution is 2.49. The first-order valence-electron chi connectivity index (χ1n) is 7.89. The average Bonchev–Trinajstić information content (AvgIpc) is 3.36. The van der Waals surface area contributed by atoms with Crippen molar-refractivity contribution in [2.45, 2.75) is 56.4 Å². The van der Waals surface area contributed by atoms with Gasteiger partial charge in [0.2, 0.25) is 10.0 Å². The van der Waals surface area contributed by atoms with Gasteiger partial charge in [-0.05, 0) is 61.8 Å². The first kappa shape index (κ1) is 14.9. The van der Waals surface area contributed by atoms with Gasteiger partial charge in [0, 0.05) is 18.3 Å². The minimum Gasteiger partial charge on any atom is -0.384 e. The zero-order valence-corrected chi connectivity index (χ0v) is 13.4. The van der Waals surface area contributed by atoms with Gasteiger partial charge in [-0.2, -0.15) is 0 Å². The van der Waals surface area contributed by atoms with Gasteiger partial charge in [-0.15, -0.1) is 0 Å². The Kier molecular flexibility index (Phi) is 3.97. The van der Waals surface area contributed by atoms with Gasteiger partial charge in [-0.25, -0.2) is 13.1 Å². The second-order valence-corrected chi connectivity index (χ2v) is 8.24. The average molecular weight is 308 g/mol. The molecule has 2 fully saturated rings. The quantitative estimate of drug-likeness (QED) is 0.776. The van der Waals surface area contributed by atoms with E-state index in [1.807, 2.05) is 12.1 Å². The van der Waals surface area contributed by atoms with Gasteiger partial charge in [-0.1, -0.05) is 13.3 Å². The maximum absolute atomic E-state index is 12.1. The van der Waals surface area contributed by atoms with Crippen molar-refractivity contribution in [1.29, 1.82) is 0 Å². The van der Waals surface area contributed by atoms with Gasteiger partial charge >= 0.3 is 0 Å². The van der Waals surface area contributed by atoms with Crippen molar-refractivity contribution in [3.8, 4) is 0 Å². The van der Waals surface area contributed by atoms with Crippen LogP contribution < -0.4 is 10.0 Å². The Labute approximate surface area is 127 Å². The Balaban J connectivity index is 1.59. The molecule has 0 unspecified atom stereocenters. The Morgan fingerprint density at radius 2 is 1.86 bits per heavy atom. The van der Waals surface area contributed by atoms with E-state index >= 15 is 0 Å². The Morgan fingerprint density at radius 3 is 2.38 bits per heavy atom. The summed E-state index contributed by atoms with van der Waals surface area (Å²) in [5.41, 5.74) is 1.50. The van der Waals surface area contributed by atoms with Crippen LogP contribution in [0.2, 0.25) is 0 Å². The lowest BCUT2D eigenvalue weighted by atomic mass is 10.0. The molecule has 2 aliphatic rings. The van der Waals surface area contributed by atoms with Crippen LogP contribution >= 0.6 is 0 Å². The number of hydrogen-bond donors (Lipinski definition) is 2. The topological polar surface area (TPSA) is 58.2 Å². The summed E-state index contributed by atoms with van der Waals surface area (Å²) in [6.45, 7) is 3.22. The van der Waals surface area contributed by atoms with E-state index in [4.69, 9.17) is 0 Å². The molecule has 21 heavy (non-hydrogen) atoms. The zero-order chi connectivity index (χ0) is 14.9. The fourth-order valence-corrected chi connectivity index (χ4v) is 4.06. The molecule has 3 rings (SSSR count). The number of anilines is 1. The van der Waals surface area contributed by atoms with Crippen molar-refractivity contribution in [1.82, 2.24) is 4.72 Å². The molecule has 0 amide bonds. The summed E-state index contributed by atoms with van der Waals surface area (Å²) in [5.74, 6) is 0. The van der Waals surface area contributed by atoms with Crippen LogP contribution in [0.3, 0.4) is 0 Å². The molecule has 0 heterocycles. The third-order valence-electron chi connectivity index (χ3n) is 4.47. The molecule has 1 aromatic rings. The summed E-state index contributed by atoms with van der Waals surface area (Å²) < 4.78 is 26.9. The summed E-state index contributed by atoms with van der Waals surface area (Å²) in [5, 5.41) is 3.45. The molecule has 0 saturated heterocycles. The van der Waals surface area contributed by atoms with Crippen LogP contribution in [0, 0.1) is 5.41 Å². The first-order valence-corrected chi connectivity index (χ1v) is 9.38. The van der Waals surface area contributed by atoms with E-state index in [-0.39, 0.29) is 6.04 Å². The van der Waals surface area contributed by atoms with E-state index in [2.05, 4.69) is 17.0 Å². The lowest BCUT2D eigenvalue weighted by molar-refractivity contribution is 0.485. The predicted octanol–water partition coefficient (Wildman–Crippen LogP) is 3.12.